The predicted molar refractivity (Wildman–Crippen MR) is 193 cm³/mol. The van der Waals surface area contributed by atoms with Gasteiger partial charge in [-0.25, -0.2) is 0 Å². The van der Waals surface area contributed by atoms with Gasteiger partial charge in [0.25, 0.3) is 0 Å². The molecule has 0 saturated heterocycles. The summed E-state index contributed by atoms with van der Waals surface area (Å²) in [6.07, 6.45) is 16.4. The van der Waals surface area contributed by atoms with Gasteiger partial charge in [-0.15, -0.1) is 0 Å². The zero-order valence-electron chi connectivity index (χ0n) is 28.4. The van der Waals surface area contributed by atoms with Crippen molar-refractivity contribution in [3.63, 3.8) is 0 Å². The van der Waals surface area contributed by atoms with Crippen LogP contribution in [0.4, 0.5) is 5.69 Å². The van der Waals surface area contributed by atoms with Crippen LogP contribution in [0.15, 0.2) is 115 Å². The van der Waals surface area contributed by atoms with Crippen molar-refractivity contribution < 1.29 is 0 Å². The van der Waals surface area contributed by atoms with E-state index in [1.807, 2.05) is 0 Å². The van der Waals surface area contributed by atoms with Crippen LogP contribution in [0.5, 0.6) is 0 Å². The van der Waals surface area contributed by atoms with Crippen LogP contribution in [0, 0.1) is 11.3 Å². The quantitative estimate of drug-likeness (QED) is 0.203. The fourth-order valence-corrected chi connectivity index (χ4v) is 7.40. The first-order chi connectivity index (χ1) is 21.2. The van der Waals surface area contributed by atoms with Crippen molar-refractivity contribution in [1.29, 1.82) is 0 Å². The highest BCUT2D eigenvalue weighted by atomic mass is 15.2. The number of hydrogen-bond acceptors (Lipinski definition) is 1. The zero-order chi connectivity index (χ0) is 31.9. The maximum absolute atomic E-state index is 2.52. The first kappa shape index (κ1) is 29.5. The maximum Gasteiger partial charge on any atom is 0.0620 e. The largest absolute Gasteiger partial charge is 0.340 e. The third-order valence-corrected chi connectivity index (χ3v) is 9.71. The molecule has 5 aromatic rings. The number of benzene rings is 3. The Bertz CT molecular complexity index is 1910. The van der Waals surface area contributed by atoms with E-state index in [1.165, 1.54) is 55.6 Å². The van der Waals surface area contributed by atoms with E-state index in [1.54, 1.807) is 0 Å². The number of para-hydroxylation sites is 2. The van der Waals surface area contributed by atoms with Gasteiger partial charge in [-0.3, -0.25) is 0 Å². The minimum absolute atomic E-state index is 0.0231. The summed E-state index contributed by atoms with van der Waals surface area (Å²) < 4.78 is 4.83. The van der Waals surface area contributed by atoms with E-state index >= 15 is 0 Å². The van der Waals surface area contributed by atoms with Crippen molar-refractivity contribution in [3.05, 3.63) is 126 Å². The van der Waals surface area contributed by atoms with Crippen molar-refractivity contribution in [2.45, 2.75) is 79.2 Å². The highest BCUT2D eigenvalue weighted by Gasteiger charge is 2.39. The second-order valence-corrected chi connectivity index (χ2v) is 16.1. The summed E-state index contributed by atoms with van der Waals surface area (Å²) in [6.45, 7) is 20.9. The fraction of sp³-hybridized carbons (Fsp3) is 0.333. The van der Waals surface area contributed by atoms with E-state index in [-0.39, 0.29) is 22.3 Å². The maximum atomic E-state index is 2.52. The molecule has 2 aliphatic rings. The van der Waals surface area contributed by atoms with Crippen LogP contribution in [-0.2, 0) is 10.8 Å². The van der Waals surface area contributed by atoms with E-state index < -0.39 is 0 Å². The molecule has 0 radical (unpaired) electrons. The number of aromatic nitrogens is 2. The average Bonchev–Trinajstić information content (AvgIpc) is 3.68. The Kier molecular flexibility index (Phi) is 6.64. The molecule has 230 valence electrons. The molecule has 45 heavy (non-hydrogen) atoms. The highest BCUT2D eigenvalue weighted by Crippen LogP contribution is 2.45. The Morgan fingerprint density at radius 3 is 1.49 bits per heavy atom. The first-order valence-corrected chi connectivity index (χ1v) is 16.4. The Labute approximate surface area is 269 Å². The molecule has 2 atom stereocenters. The molecule has 3 nitrogen and oxygen atoms in total. The lowest BCUT2D eigenvalue weighted by Gasteiger charge is -2.31. The van der Waals surface area contributed by atoms with Crippen LogP contribution in [0.25, 0.3) is 33.2 Å². The Balaban J connectivity index is 1.51. The first-order valence-electron chi connectivity index (χ1n) is 16.4. The van der Waals surface area contributed by atoms with E-state index in [0.717, 1.165) is 0 Å². The molecule has 7 rings (SSSR count). The Morgan fingerprint density at radius 2 is 1.00 bits per heavy atom. The van der Waals surface area contributed by atoms with Gasteiger partial charge in [0.05, 0.1) is 17.1 Å². The van der Waals surface area contributed by atoms with Crippen molar-refractivity contribution >= 4 is 27.5 Å². The lowest BCUT2D eigenvalue weighted by atomic mass is 9.77. The van der Waals surface area contributed by atoms with E-state index in [9.17, 15) is 0 Å². The monoisotopic (exact) mass is 593 g/mol. The molecule has 3 heteroatoms. The van der Waals surface area contributed by atoms with Crippen molar-refractivity contribution in [3.8, 4) is 11.4 Å². The highest BCUT2D eigenvalue weighted by molar-refractivity contribution is 5.89. The lowest BCUT2D eigenvalue weighted by molar-refractivity contribution is 0.454. The van der Waals surface area contributed by atoms with E-state index in [4.69, 9.17) is 0 Å². The smallest absolute Gasteiger partial charge is 0.0620 e. The summed E-state index contributed by atoms with van der Waals surface area (Å²) >= 11 is 0. The number of rotatable bonds is 3. The number of fused-ring (bicyclic) bond motifs is 3. The standard InChI is InChI=1S/C42H47N3/c1-40(2,3)34-25-43(37-19-13-10-16-31(34)37)28-22-29(44-26-35(41(4,5)6)32-17-11-14-20-38(32)44)24-30(23-28)45-27-36(42(7,8)9)33-18-12-15-21-39(33)45/h10-27,31,37H,1-9H3. The predicted octanol–water partition coefficient (Wildman–Crippen LogP) is 11.0. The summed E-state index contributed by atoms with van der Waals surface area (Å²) in [6, 6.07) is 25.1. The van der Waals surface area contributed by atoms with Gasteiger partial charge < -0.3 is 14.0 Å². The second kappa shape index (κ2) is 10.1. The molecular formula is C42H47N3. The van der Waals surface area contributed by atoms with Gasteiger partial charge >= 0.3 is 0 Å². The third kappa shape index (κ3) is 4.97. The van der Waals surface area contributed by atoms with Gasteiger partial charge in [0.2, 0.25) is 0 Å². The lowest BCUT2D eigenvalue weighted by Crippen LogP contribution is -2.31. The molecule has 0 amide bonds. The van der Waals surface area contributed by atoms with Gasteiger partial charge in [0.15, 0.2) is 0 Å². The van der Waals surface area contributed by atoms with Gasteiger partial charge in [0.1, 0.15) is 0 Å². The molecule has 0 bridgehead atoms. The third-order valence-electron chi connectivity index (χ3n) is 9.71. The molecule has 0 spiro atoms. The number of hydrogen-bond donors (Lipinski definition) is 0. The molecule has 1 aliphatic heterocycles. The minimum Gasteiger partial charge on any atom is -0.340 e. The molecule has 1 aliphatic carbocycles. The number of nitrogens with zero attached hydrogens (tertiary/aromatic N) is 3. The molecular weight excluding hydrogens is 546 g/mol. The molecule has 3 heterocycles. The van der Waals surface area contributed by atoms with Gasteiger partial charge in [0, 0.05) is 52.3 Å². The number of allylic oxidation sites excluding steroid dienone is 2. The summed E-state index contributed by atoms with van der Waals surface area (Å²) in [7, 11) is 0. The van der Waals surface area contributed by atoms with Gasteiger partial charge in [-0.05, 0) is 63.3 Å². The van der Waals surface area contributed by atoms with Crippen LogP contribution >= 0.6 is 0 Å². The molecule has 2 unspecified atom stereocenters. The van der Waals surface area contributed by atoms with Crippen LogP contribution in [0.3, 0.4) is 0 Å². The molecule has 3 aromatic carbocycles. The molecule has 0 saturated carbocycles. The summed E-state index contributed by atoms with van der Waals surface area (Å²) in [4.78, 5) is 2.52. The summed E-state index contributed by atoms with van der Waals surface area (Å²) in [5.41, 5.74) is 10.4. The van der Waals surface area contributed by atoms with Gasteiger partial charge in [-0.2, -0.15) is 0 Å². The van der Waals surface area contributed by atoms with Crippen LogP contribution in [0.1, 0.15) is 73.4 Å². The molecule has 0 N–H and O–H groups in total. The fourth-order valence-electron chi connectivity index (χ4n) is 7.40. The Morgan fingerprint density at radius 1 is 0.533 bits per heavy atom. The molecule has 0 fully saturated rings. The average molecular weight is 594 g/mol. The van der Waals surface area contributed by atoms with Crippen molar-refractivity contribution in [2.24, 2.45) is 11.3 Å². The minimum atomic E-state index is 0.0231. The molecule has 2 aromatic heterocycles. The van der Waals surface area contributed by atoms with Gasteiger partial charge in [-0.1, -0.05) is 123 Å². The zero-order valence-corrected chi connectivity index (χ0v) is 28.4. The summed E-state index contributed by atoms with van der Waals surface area (Å²) in [5.74, 6) is 0.363. The van der Waals surface area contributed by atoms with E-state index in [0.29, 0.717) is 5.92 Å². The second-order valence-electron chi connectivity index (χ2n) is 16.1. The summed E-state index contributed by atoms with van der Waals surface area (Å²) in [5, 5.41) is 2.63. The Hall–Kier alpha value is -4.24. The normalized spacial score (nSPS) is 18.7. The topological polar surface area (TPSA) is 13.1 Å². The van der Waals surface area contributed by atoms with Crippen molar-refractivity contribution in [1.82, 2.24) is 9.13 Å². The van der Waals surface area contributed by atoms with Crippen LogP contribution in [-0.4, -0.2) is 15.2 Å². The van der Waals surface area contributed by atoms with E-state index in [2.05, 4.69) is 186 Å². The van der Waals surface area contributed by atoms with Crippen molar-refractivity contribution in [2.75, 3.05) is 4.90 Å². The van der Waals surface area contributed by atoms with Crippen LogP contribution in [0.2, 0.25) is 0 Å². The SMILES string of the molecule is CC(C)(C)C1=CN(c2cc(-n3cc(C(C)(C)C)c4ccccc43)cc(-n3cc(C(C)(C)C)c4ccccc43)c2)C2C=CC=CC12. The number of anilines is 1. The van der Waals surface area contributed by atoms with Crippen LogP contribution < -0.4 is 4.90 Å².